The molecule has 3 aromatic rings. The zero-order chi connectivity index (χ0) is 23.9. The smallest absolute Gasteiger partial charge is 0.266 e. The van der Waals surface area contributed by atoms with Crippen molar-refractivity contribution in [1.82, 2.24) is 9.88 Å². The molecule has 6 nitrogen and oxygen atoms in total. The molecule has 0 bridgehead atoms. The summed E-state index contributed by atoms with van der Waals surface area (Å²) in [5.74, 6) is -0.236. The van der Waals surface area contributed by atoms with E-state index in [1.807, 2.05) is 12.1 Å². The summed E-state index contributed by atoms with van der Waals surface area (Å²) >= 11 is 1.11. The van der Waals surface area contributed by atoms with Crippen LogP contribution in [0, 0.1) is 17.6 Å². The van der Waals surface area contributed by atoms with Gasteiger partial charge in [0.25, 0.3) is 10.0 Å². The summed E-state index contributed by atoms with van der Waals surface area (Å²) in [6.45, 7) is 3.41. The Labute approximate surface area is 201 Å². The van der Waals surface area contributed by atoms with Gasteiger partial charge in [-0.1, -0.05) is 19.1 Å². The highest BCUT2D eigenvalue weighted by molar-refractivity contribution is 7.93. The van der Waals surface area contributed by atoms with E-state index in [-0.39, 0.29) is 23.0 Å². The first-order valence-corrected chi connectivity index (χ1v) is 13.6. The molecule has 3 atom stereocenters. The maximum atomic E-state index is 15.2. The molecule has 1 fully saturated rings. The van der Waals surface area contributed by atoms with Crippen molar-refractivity contribution in [3.63, 3.8) is 0 Å². The minimum atomic E-state index is -4.16. The van der Waals surface area contributed by atoms with Gasteiger partial charge in [0.15, 0.2) is 5.13 Å². The van der Waals surface area contributed by atoms with E-state index in [4.69, 9.17) is 4.74 Å². The van der Waals surface area contributed by atoms with E-state index in [9.17, 15) is 12.8 Å². The highest BCUT2D eigenvalue weighted by Crippen LogP contribution is 2.45. The Bertz CT molecular complexity index is 1270. The SMILES string of the molecule is CC1CCN([C@H]2CCOc3cc(S(=O)(=O)Nc4nccs4)c(F)cc32)[C@H](c2ccc(F)cc2)C1. The van der Waals surface area contributed by atoms with Gasteiger partial charge in [0.1, 0.15) is 22.3 Å². The minimum absolute atomic E-state index is 0.0540. The number of sulfonamides is 1. The van der Waals surface area contributed by atoms with Gasteiger partial charge in [-0.25, -0.2) is 22.2 Å². The van der Waals surface area contributed by atoms with Crippen molar-refractivity contribution in [2.45, 2.75) is 43.2 Å². The van der Waals surface area contributed by atoms with Crippen molar-refractivity contribution < 1.29 is 21.9 Å². The number of halogens is 2. The second-order valence-corrected chi connectivity index (χ2v) is 11.4. The number of hydrogen-bond donors (Lipinski definition) is 1. The number of ether oxygens (including phenoxy) is 1. The van der Waals surface area contributed by atoms with E-state index in [2.05, 4.69) is 21.5 Å². The van der Waals surface area contributed by atoms with Crippen molar-refractivity contribution in [3.8, 4) is 5.75 Å². The first-order valence-electron chi connectivity index (χ1n) is 11.2. The molecule has 1 saturated heterocycles. The summed E-state index contributed by atoms with van der Waals surface area (Å²) < 4.78 is 62.5. The third-order valence-corrected chi connectivity index (χ3v) is 8.75. The fourth-order valence-corrected chi connectivity index (χ4v) is 6.78. The van der Waals surface area contributed by atoms with Crippen molar-refractivity contribution >= 4 is 26.5 Å². The Morgan fingerprint density at radius 3 is 2.68 bits per heavy atom. The van der Waals surface area contributed by atoms with Crippen LogP contribution in [0.4, 0.5) is 13.9 Å². The number of benzene rings is 2. The first kappa shape index (κ1) is 23.2. The van der Waals surface area contributed by atoms with Gasteiger partial charge in [-0.15, -0.1) is 11.3 Å². The van der Waals surface area contributed by atoms with Crippen molar-refractivity contribution in [2.24, 2.45) is 5.92 Å². The standard InChI is InChI=1S/C24H25F2N3O3S2/c1-15-6-9-29(21(12-15)16-2-4-17(25)5-3-16)20-7-10-32-22-14-23(19(26)13-18(20)22)34(30,31)28-24-27-8-11-33-24/h2-5,8,11,13-15,20-21H,6-7,9-10,12H2,1H3,(H,27,28)/t15?,20-,21-/m0/s1. The van der Waals surface area contributed by atoms with E-state index in [1.54, 1.807) is 5.38 Å². The van der Waals surface area contributed by atoms with Gasteiger partial charge < -0.3 is 4.74 Å². The van der Waals surface area contributed by atoms with E-state index >= 15 is 4.39 Å². The maximum Gasteiger partial charge on any atom is 0.266 e. The second-order valence-electron chi connectivity index (χ2n) is 8.85. The average molecular weight is 506 g/mol. The van der Waals surface area contributed by atoms with Gasteiger partial charge >= 0.3 is 0 Å². The number of nitrogens with one attached hydrogen (secondary N) is 1. The lowest BCUT2D eigenvalue weighted by molar-refractivity contribution is 0.0485. The highest BCUT2D eigenvalue weighted by Gasteiger charge is 2.37. The summed E-state index contributed by atoms with van der Waals surface area (Å²) in [4.78, 5) is 5.77. The number of fused-ring (bicyclic) bond motifs is 1. The molecule has 0 radical (unpaired) electrons. The third kappa shape index (κ3) is 4.54. The van der Waals surface area contributed by atoms with Gasteiger partial charge in [-0.05, 0) is 49.1 Å². The van der Waals surface area contributed by atoms with E-state index in [1.165, 1.54) is 30.5 Å². The molecule has 5 rings (SSSR count). The second kappa shape index (κ2) is 9.24. The zero-order valence-electron chi connectivity index (χ0n) is 18.6. The molecule has 180 valence electrons. The van der Waals surface area contributed by atoms with Crippen molar-refractivity contribution in [2.75, 3.05) is 17.9 Å². The van der Waals surface area contributed by atoms with Gasteiger partial charge in [0.05, 0.1) is 6.61 Å². The van der Waals surface area contributed by atoms with E-state index in [0.717, 1.165) is 36.3 Å². The lowest BCUT2D eigenvalue weighted by Crippen LogP contribution is -2.40. The predicted octanol–water partition coefficient (Wildman–Crippen LogP) is 5.52. The molecule has 10 heteroatoms. The van der Waals surface area contributed by atoms with E-state index < -0.39 is 20.7 Å². The number of anilines is 1. The highest BCUT2D eigenvalue weighted by atomic mass is 32.2. The summed E-state index contributed by atoms with van der Waals surface area (Å²) in [6, 6.07) is 9.04. The molecule has 0 aliphatic carbocycles. The predicted molar refractivity (Wildman–Crippen MR) is 126 cm³/mol. The number of rotatable bonds is 5. The topological polar surface area (TPSA) is 71.5 Å². The van der Waals surface area contributed by atoms with Crippen LogP contribution in [0.25, 0.3) is 0 Å². The Morgan fingerprint density at radius 2 is 1.94 bits per heavy atom. The normalized spacial score (nSPS) is 23.2. The lowest BCUT2D eigenvalue weighted by atomic mass is 9.85. The average Bonchev–Trinajstić information content (AvgIpc) is 3.31. The molecule has 1 unspecified atom stereocenters. The molecule has 0 spiro atoms. The molecular formula is C24H25F2N3O3S2. The molecule has 0 amide bonds. The molecule has 34 heavy (non-hydrogen) atoms. The van der Waals surface area contributed by atoms with Crippen molar-refractivity contribution in [1.29, 1.82) is 0 Å². The summed E-state index contributed by atoms with van der Waals surface area (Å²) in [5, 5.41) is 1.80. The number of aromatic nitrogens is 1. The fourth-order valence-electron chi connectivity index (χ4n) is 4.91. The number of likely N-dealkylation sites (tertiary alicyclic amines) is 1. The van der Waals surface area contributed by atoms with Crippen LogP contribution < -0.4 is 9.46 Å². The third-order valence-electron chi connectivity index (χ3n) is 6.58. The van der Waals surface area contributed by atoms with Gasteiger partial charge in [0.2, 0.25) is 0 Å². The molecular weight excluding hydrogens is 480 g/mol. The number of piperidine rings is 1. The molecule has 2 aliphatic rings. The van der Waals surface area contributed by atoms with Gasteiger partial charge in [-0.3, -0.25) is 9.62 Å². The van der Waals surface area contributed by atoms with Crippen LogP contribution in [0.2, 0.25) is 0 Å². The summed E-state index contributed by atoms with van der Waals surface area (Å²) in [6.07, 6.45) is 4.03. The Hall–Kier alpha value is -2.56. The number of thiazole rings is 1. The van der Waals surface area contributed by atoms with Crippen LogP contribution in [0.3, 0.4) is 0 Å². The van der Waals surface area contributed by atoms with Crippen LogP contribution in [0.15, 0.2) is 52.9 Å². The molecule has 1 N–H and O–H groups in total. The Balaban J connectivity index is 1.49. The minimum Gasteiger partial charge on any atom is -0.493 e. The molecule has 2 aliphatic heterocycles. The van der Waals surface area contributed by atoms with Crippen LogP contribution in [-0.2, 0) is 10.0 Å². The van der Waals surface area contributed by atoms with Crippen molar-refractivity contribution in [3.05, 3.63) is 70.7 Å². The molecule has 0 saturated carbocycles. The number of hydrogen-bond acceptors (Lipinski definition) is 6. The van der Waals surface area contributed by atoms with Crippen LogP contribution >= 0.6 is 11.3 Å². The Morgan fingerprint density at radius 1 is 1.15 bits per heavy atom. The molecule has 2 aromatic carbocycles. The first-order chi connectivity index (χ1) is 16.3. The van der Waals surface area contributed by atoms with Crippen LogP contribution in [-0.4, -0.2) is 31.5 Å². The van der Waals surface area contributed by atoms with E-state index in [0.29, 0.717) is 30.3 Å². The summed E-state index contributed by atoms with van der Waals surface area (Å²) in [7, 11) is -4.16. The monoisotopic (exact) mass is 505 g/mol. The van der Waals surface area contributed by atoms with Crippen LogP contribution in [0.5, 0.6) is 5.75 Å². The van der Waals surface area contributed by atoms with Gasteiger partial charge in [0, 0.05) is 41.7 Å². The zero-order valence-corrected chi connectivity index (χ0v) is 20.2. The number of nitrogens with zero attached hydrogens (tertiary/aromatic N) is 2. The Kier molecular flexibility index (Phi) is 6.30. The van der Waals surface area contributed by atoms with Crippen LogP contribution in [0.1, 0.15) is 49.4 Å². The lowest BCUT2D eigenvalue weighted by Gasteiger charge is -2.45. The largest absolute Gasteiger partial charge is 0.493 e. The maximum absolute atomic E-state index is 15.2. The van der Waals surface area contributed by atoms with Gasteiger partial charge in [-0.2, -0.15) is 0 Å². The quantitative estimate of drug-likeness (QED) is 0.495. The fraction of sp³-hybridized carbons (Fsp3) is 0.375. The molecule has 1 aromatic heterocycles. The summed E-state index contributed by atoms with van der Waals surface area (Å²) in [5.41, 5.74) is 1.66. The molecule has 3 heterocycles.